The van der Waals surface area contributed by atoms with E-state index < -0.39 is 10.8 Å². The lowest BCUT2D eigenvalue weighted by atomic mass is 10.2. The van der Waals surface area contributed by atoms with Crippen LogP contribution in [0.25, 0.3) is 0 Å². The summed E-state index contributed by atoms with van der Waals surface area (Å²) in [6.07, 6.45) is 7.32. The summed E-state index contributed by atoms with van der Waals surface area (Å²) in [6.45, 7) is 7.09. The van der Waals surface area contributed by atoms with Crippen LogP contribution in [0.15, 0.2) is 36.5 Å². The Kier molecular flexibility index (Phi) is 8.43. The molecule has 16 heavy (non-hydrogen) atoms. The zero-order valence-electron chi connectivity index (χ0n) is 9.77. The molecule has 0 aromatic heterocycles. The number of allylic oxidation sites excluding steroid dienone is 4. The molecule has 90 valence electrons. The zero-order chi connectivity index (χ0) is 12.4. The van der Waals surface area contributed by atoms with E-state index in [-0.39, 0.29) is 12.6 Å². The maximum Gasteiger partial charge on any atom is 0.302 e. The molecular formula is C12H18O3S. The Balaban J connectivity index is 3.77. The van der Waals surface area contributed by atoms with E-state index in [0.717, 1.165) is 5.57 Å². The number of hydrogen-bond acceptors (Lipinski definition) is 3. The normalized spacial score (nSPS) is 13.8. The van der Waals surface area contributed by atoms with E-state index in [4.69, 9.17) is 4.74 Å². The fraction of sp³-hybridized carbons (Fsp3) is 0.417. The van der Waals surface area contributed by atoms with Crippen LogP contribution in [0.5, 0.6) is 0 Å². The molecule has 0 fully saturated rings. The van der Waals surface area contributed by atoms with Gasteiger partial charge in [-0.1, -0.05) is 36.5 Å². The van der Waals surface area contributed by atoms with Gasteiger partial charge in [0.1, 0.15) is 6.61 Å². The van der Waals surface area contributed by atoms with Gasteiger partial charge in [0.05, 0.1) is 5.75 Å². The Morgan fingerprint density at radius 3 is 2.69 bits per heavy atom. The minimum absolute atomic E-state index is 0.220. The minimum Gasteiger partial charge on any atom is -0.465 e. The van der Waals surface area contributed by atoms with Crippen LogP contribution in [0.2, 0.25) is 0 Å². The van der Waals surface area contributed by atoms with Crippen LogP contribution in [-0.2, 0) is 20.3 Å². The Hall–Kier alpha value is -1.16. The second-order valence-electron chi connectivity index (χ2n) is 3.20. The summed E-state index contributed by atoms with van der Waals surface area (Å²) in [6, 6.07) is 0. The summed E-state index contributed by atoms with van der Waals surface area (Å²) in [5, 5.41) is 0. The Morgan fingerprint density at radius 2 is 2.12 bits per heavy atom. The third kappa shape index (κ3) is 9.40. The van der Waals surface area contributed by atoms with Gasteiger partial charge in [-0.3, -0.25) is 9.00 Å². The van der Waals surface area contributed by atoms with Crippen molar-refractivity contribution in [2.24, 2.45) is 0 Å². The third-order valence-electron chi connectivity index (χ3n) is 1.66. The molecule has 4 heteroatoms. The molecule has 0 aromatic carbocycles. The second kappa shape index (κ2) is 9.09. The van der Waals surface area contributed by atoms with Gasteiger partial charge in [-0.25, -0.2) is 0 Å². The zero-order valence-corrected chi connectivity index (χ0v) is 10.6. The quantitative estimate of drug-likeness (QED) is 0.506. The molecule has 0 spiro atoms. The van der Waals surface area contributed by atoms with E-state index in [1.54, 1.807) is 6.08 Å². The number of rotatable bonds is 7. The predicted octanol–water partition coefficient (Wildman–Crippen LogP) is 1.99. The van der Waals surface area contributed by atoms with E-state index in [0.29, 0.717) is 11.5 Å². The van der Waals surface area contributed by atoms with Crippen LogP contribution in [0.4, 0.5) is 0 Å². The Labute approximate surface area is 99.3 Å². The van der Waals surface area contributed by atoms with Crippen molar-refractivity contribution in [3.8, 4) is 0 Å². The topological polar surface area (TPSA) is 43.4 Å². The van der Waals surface area contributed by atoms with Crippen LogP contribution < -0.4 is 0 Å². The van der Waals surface area contributed by atoms with Gasteiger partial charge in [0, 0.05) is 23.5 Å². The lowest BCUT2D eigenvalue weighted by molar-refractivity contribution is -0.140. The van der Waals surface area contributed by atoms with Gasteiger partial charge in [-0.05, 0) is 6.92 Å². The minimum atomic E-state index is -0.974. The fourth-order valence-corrected chi connectivity index (χ4v) is 1.69. The van der Waals surface area contributed by atoms with Gasteiger partial charge in [0.2, 0.25) is 0 Å². The summed E-state index contributed by atoms with van der Waals surface area (Å²) in [5.41, 5.74) is 1.06. The van der Waals surface area contributed by atoms with Crippen LogP contribution in [0, 0.1) is 0 Å². The highest BCUT2D eigenvalue weighted by atomic mass is 32.2. The van der Waals surface area contributed by atoms with Crippen molar-refractivity contribution in [1.29, 1.82) is 0 Å². The molecule has 0 rings (SSSR count). The average Bonchev–Trinajstić information content (AvgIpc) is 2.17. The van der Waals surface area contributed by atoms with E-state index in [2.05, 4.69) is 6.58 Å². The third-order valence-corrected chi connectivity index (χ3v) is 2.85. The summed E-state index contributed by atoms with van der Waals surface area (Å²) in [4.78, 5) is 10.4. The molecule has 0 bridgehead atoms. The number of carbonyl (C=O) groups excluding carboxylic acids is 1. The highest BCUT2D eigenvalue weighted by Gasteiger charge is 1.98. The molecule has 0 saturated carbocycles. The molecule has 0 heterocycles. The smallest absolute Gasteiger partial charge is 0.302 e. The number of hydrogen-bond donors (Lipinski definition) is 0. The molecule has 0 aliphatic carbocycles. The monoisotopic (exact) mass is 242 g/mol. The molecule has 3 nitrogen and oxygen atoms in total. The van der Waals surface area contributed by atoms with Crippen molar-refractivity contribution in [2.45, 2.75) is 13.8 Å². The Morgan fingerprint density at radius 1 is 1.44 bits per heavy atom. The lowest BCUT2D eigenvalue weighted by Gasteiger charge is -2.00. The van der Waals surface area contributed by atoms with Crippen LogP contribution in [-0.4, -0.2) is 28.3 Å². The van der Waals surface area contributed by atoms with Crippen molar-refractivity contribution >= 4 is 16.8 Å². The largest absolute Gasteiger partial charge is 0.465 e. The van der Waals surface area contributed by atoms with Crippen molar-refractivity contribution in [2.75, 3.05) is 18.1 Å². The summed E-state index contributed by atoms with van der Waals surface area (Å²) in [7, 11) is -0.974. The molecule has 1 atom stereocenters. The molecule has 0 aromatic rings. The maximum atomic E-state index is 11.4. The van der Waals surface area contributed by atoms with Gasteiger partial charge < -0.3 is 4.74 Å². The van der Waals surface area contributed by atoms with Gasteiger partial charge >= 0.3 is 5.97 Å². The molecule has 0 radical (unpaired) electrons. The Bertz CT molecular complexity index is 316. The highest BCUT2D eigenvalue weighted by molar-refractivity contribution is 7.85. The molecule has 0 aliphatic rings. The molecular weight excluding hydrogens is 224 g/mol. The van der Waals surface area contributed by atoms with E-state index in [9.17, 15) is 9.00 Å². The van der Waals surface area contributed by atoms with Gasteiger partial charge in [0.25, 0.3) is 0 Å². The first-order valence-electron chi connectivity index (χ1n) is 5.00. The van der Waals surface area contributed by atoms with E-state index in [1.807, 2.05) is 25.2 Å². The SMILES string of the molecule is C=C/C=C(C)\C=C/CS(=O)CCOC(C)=O. The van der Waals surface area contributed by atoms with E-state index in [1.165, 1.54) is 6.92 Å². The van der Waals surface area contributed by atoms with E-state index >= 15 is 0 Å². The van der Waals surface area contributed by atoms with Crippen LogP contribution in [0.1, 0.15) is 13.8 Å². The van der Waals surface area contributed by atoms with Gasteiger partial charge in [0.15, 0.2) is 0 Å². The lowest BCUT2D eigenvalue weighted by Crippen LogP contribution is -2.10. The van der Waals surface area contributed by atoms with Crippen molar-refractivity contribution in [3.63, 3.8) is 0 Å². The highest BCUT2D eigenvalue weighted by Crippen LogP contribution is 1.95. The summed E-state index contributed by atoms with van der Waals surface area (Å²) in [5.74, 6) is 0.523. The molecule has 0 N–H and O–H groups in total. The van der Waals surface area contributed by atoms with Crippen LogP contribution in [0.3, 0.4) is 0 Å². The molecule has 0 amide bonds. The van der Waals surface area contributed by atoms with Crippen molar-refractivity contribution in [3.05, 3.63) is 36.5 Å². The number of esters is 1. The number of carbonyl (C=O) groups is 1. The van der Waals surface area contributed by atoms with Gasteiger partial charge in [-0.2, -0.15) is 0 Å². The number of ether oxygens (including phenoxy) is 1. The standard InChI is InChI=1S/C12H18O3S/c1-4-6-11(2)7-5-9-16(14)10-8-15-12(3)13/h4-7H,1,8-10H2,2-3H3/b7-5-,11-6-. The second-order valence-corrected chi connectivity index (χ2v) is 4.82. The first-order valence-corrected chi connectivity index (χ1v) is 6.49. The van der Waals surface area contributed by atoms with Crippen molar-refractivity contribution in [1.82, 2.24) is 0 Å². The first kappa shape index (κ1) is 14.8. The maximum absolute atomic E-state index is 11.4. The summed E-state index contributed by atoms with van der Waals surface area (Å²) >= 11 is 0. The molecule has 1 unspecified atom stereocenters. The average molecular weight is 242 g/mol. The van der Waals surface area contributed by atoms with Crippen molar-refractivity contribution < 1.29 is 13.7 Å². The summed E-state index contributed by atoms with van der Waals surface area (Å²) < 4.78 is 16.1. The fourth-order valence-electron chi connectivity index (χ4n) is 0.944. The van der Waals surface area contributed by atoms with Crippen LogP contribution >= 0.6 is 0 Å². The van der Waals surface area contributed by atoms with Gasteiger partial charge in [-0.15, -0.1) is 0 Å². The molecule has 0 saturated heterocycles. The predicted molar refractivity (Wildman–Crippen MR) is 67.6 cm³/mol. The molecule has 0 aliphatic heterocycles. The first-order chi connectivity index (χ1) is 7.56.